The minimum absolute atomic E-state index is 0.914. The van der Waals surface area contributed by atoms with E-state index in [1.807, 2.05) is 24.3 Å². The predicted molar refractivity (Wildman–Crippen MR) is 49.2 cm³/mol. The molecule has 1 heterocycles. The summed E-state index contributed by atoms with van der Waals surface area (Å²) in [5.74, 6) is 0. The van der Waals surface area contributed by atoms with Crippen LogP contribution in [0, 0.1) is 0 Å². The van der Waals surface area contributed by atoms with Crippen LogP contribution in [0.25, 0.3) is 11.0 Å². The lowest BCUT2D eigenvalue weighted by Gasteiger charge is -1.79. The summed E-state index contributed by atoms with van der Waals surface area (Å²) in [5, 5.41) is 17.3. The molecule has 1 aromatic carbocycles. The Morgan fingerprint density at radius 1 is 1.33 bits per heavy atom. The summed E-state index contributed by atoms with van der Waals surface area (Å²) < 4.78 is 28.0. The van der Waals surface area contributed by atoms with E-state index in [1.165, 1.54) is 0 Å². The second kappa shape index (κ2) is 4.79. The van der Waals surface area contributed by atoms with E-state index in [1.54, 1.807) is 0 Å². The number of fused-ring (bicyclic) bond motifs is 1. The molecule has 0 aliphatic carbocycles. The molecular weight excluding hydrogens is 226 g/mol. The Balaban J connectivity index is 0.000000167. The van der Waals surface area contributed by atoms with Crippen molar-refractivity contribution in [1.82, 2.24) is 15.4 Å². The van der Waals surface area contributed by atoms with Gasteiger partial charge in [-0.3, -0.25) is 9.65 Å². The first-order valence-electron chi connectivity index (χ1n) is 3.59. The average molecular weight is 233 g/mol. The highest BCUT2D eigenvalue weighted by molar-refractivity contribution is 7.80. The van der Waals surface area contributed by atoms with E-state index < -0.39 is 10.4 Å². The van der Waals surface area contributed by atoms with E-state index in [2.05, 4.69) is 19.7 Å². The predicted octanol–water partition coefficient (Wildman–Crippen LogP) is 0.237. The summed E-state index contributed by atoms with van der Waals surface area (Å²) in [5.41, 5.74) is 1.90. The Morgan fingerprint density at radius 3 is 2.47 bits per heavy atom. The monoisotopic (exact) mass is 233 g/mol. The van der Waals surface area contributed by atoms with E-state index >= 15 is 0 Å². The van der Waals surface area contributed by atoms with Crippen molar-refractivity contribution in [3.63, 3.8) is 0 Å². The summed E-state index contributed by atoms with van der Waals surface area (Å²) in [7, 11) is -4.61. The number of aromatic nitrogens is 3. The van der Waals surface area contributed by atoms with Gasteiger partial charge in [-0.1, -0.05) is 21.7 Å². The van der Waals surface area contributed by atoms with Crippen LogP contribution in [0.3, 0.4) is 0 Å². The van der Waals surface area contributed by atoms with Crippen LogP contribution in [0.15, 0.2) is 24.3 Å². The van der Waals surface area contributed by atoms with Crippen molar-refractivity contribution in [2.24, 2.45) is 0 Å². The van der Waals surface area contributed by atoms with Gasteiger partial charge in [-0.2, -0.15) is 8.42 Å². The fourth-order valence-corrected chi connectivity index (χ4v) is 0.788. The fourth-order valence-electron chi connectivity index (χ4n) is 0.788. The molecule has 3 N–H and O–H groups in total. The first-order chi connectivity index (χ1) is 7.03. The van der Waals surface area contributed by atoms with Gasteiger partial charge in [0.2, 0.25) is 0 Å². The van der Waals surface area contributed by atoms with Crippen LogP contribution in [0.2, 0.25) is 0 Å². The molecule has 0 unspecified atom stereocenters. The normalized spacial score (nSPS) is 10.8. The summed E-state index contributed by atoms with van der Waals surface area (Å²) in [4.78, 5) is 0. The number of hydrogen-bond acceptors (Lipinski definition) is 6. The summed E-state index contributed by atoms with van der Waals surface area (Å²) >= 11 is 0. The van der Waals surface area contributed by atoms with Gasteiger partial charge in [0, 0.05) is 0 Å². The minimum Gasteiger partial charge on any atom is -0.262 e. The highest BCUT2D eigenvalue weighted by Gasteiger charge is 1.97. The highest BCUT2D eigenvalue weighted by atomic mass is 32.3. The molecule has 15 heavy (non-hydrogen) atoms. The molecule has 0 bridgehead atoms. The van der Waals surface area contributed by atoms with Crippen molar-refractivity contribution in [1.29, 1.82) is 0 Å². The molecule has 9 heteroatoms. The van der Waals surface area contributed by atoms with Gasteiger partial charge in [-0.05, 0) is 12.1 Å². The van der Waals surface area contributed by atoms with Gasteiger partial charge in [-0.25, -0.2) is 5.26 Å². The first-order valence-corrected chi connectivity index (χ1v) is 4.95. The molecule has 0 atom stereocenters. The van der Waals surface area contributed by atoms with Crippen LogP contribution >= 0.6 is 0 Å². The third-order valence-corrected chi connectivity index (χ3v) is 1.51. The topological polar surface area (TPSA) is 125 Å². The van der Waals surface area contributed by atoms with E-state index in [0.717, 1.165) is 11.0 Å². The van der Waals surface area contributed by atoms with Gasteiger partial charge >= 0.3 is 10.4 Å². The molecule has 2 aromatic rings. The van der Waals surface area contributed by atoms with E-state index in [9.17, 15) is 0 Å². The number of benzene rings is 1. The Bertz CT molecular complexity index is 492. The third-order valence-electron chi connectivity index (χ3n) is 1.33. The van der Waals surface area contributed by atoms with Crippen molar-refractivity contribution in [3.05, 3.63) is 24.3 Å². The zero-order valence-corrected chi connectivity index (χ0v) is 8.05. The van der Waals surface area contributed by atoms with Crippen LogP contribution in [0.5, 0.6) is 0 Å². The SMILES string of the molecule is O=S(=O)(O)OO.c1ccc2[nH]nnc2c1. The number of aromatic amines is 1. The lowest BCUT2D eigenvalue weighted by molar-refractivity contribution is -0.139. The van der Waals surface area contributed by atoms with Gasteiger partial charge in [0.1, 0.15) is 5.52 Å². The van der Waals surface area contributed by atoms with Crippen molar-refractivity contribution >= 4 is 21.4 Å². The van der Waals surface area contributed by atoms with Crippen LogP contribution in [-0.2, 0) is 14.7 Å². The fraction of sp³-hybridized carbons (Fsp3) is 0. The van der Waals surface area contributed by atoms with Crippen molar-refractivity contribution in [2.45, 2.75) is 0 Å². The Labute approximate surface area is 84.4 Å². The largest absolute Gasteiger partial charge is 0.423 e. The second-order valence-corrected chi connectivity index (χ2v) is 3.34. The van der Waals surface area contributed by atoms with Crippen LogP contribution < -0.4 is 0 Å². The zero-order valence-electron chi connectivity index (χ0n) is 7.23. The minimum atomic E-state index is -4.61. The molecule has 0 spiro atoms. The lowest BCUT2D eigenvalue weighted by atomic mass is 10.3. The van der Waals surface area contributed by atoms with Crippen molar-refractivity contribution in [3.8, 4) is 0 Å². The highest BCUT2D eigenvalue weighted by Crippen LogP contribution is 2.03. The maximum absolute atomic E-state index is 9.08. The molecule has 1 aromatic heterocycles. The molecule has 0 aliphatic heterocycles. The van der Waals surface area contributed by atoms with Crippen molar-refractivity contribution < 1.29 is 22.6 Å². The molecule has 0 aliphatic rings. The molecule has 2 rings (SSSR count). The van der Waals surface area contributed by atoms with E-state index in [0.29, 0.717) is 0 Å². The quantitative estimate of drug-likeness (QED) is 0.366. The first kappa shape index (κ1) is 11.5. The maximum atomic E-state index is 9.08. The molecule has 0 saturated heterocycles. The van der Waals surface area contributed by atoms with Crippen LogP contribution in [-0.4, -0.2) is 33.6 Å². The van der Waals surface area contributed by atoms with Gasteiger partial charge in [0.25, 0.3) is 0 Å². The second-order valence-electron chi connectivity index (χ2n) is 2.33. The van der Waals surface area contributed by atoms with Crippen LogP contribution in [0.1, 0.15) is 0 Å². The molecular formula is C6H7N3O5S. The summed E-state index contributed by atoms with van der Waals surface area (Å²) in [6.07, 6.45) is 0. The van der Waals surface area contributed by atoms with Crippen LogP contribution in [0.4, 0.5) is 0 Å². The molecule has 0 radical (unpaired) electrons. The number of rotatable bonds is 1. The number of para-hydroxylation sites is 1. The number of hydrogen-bond donors (Lipinski definition) is 3. The third kappa shape index (κ3) is 3.99. The smallest absolute Gasteiger partial charge is 0.262 e. The summed E-state index contributed by atoms with van der Waals surface area (Å²) in [6, 6.07) is 7.74. The zero-order chi connectivity index (χ0) is 11.3. The Morgan fingerprint density at radius 2 is 1.93 bits per heavy atom. The molecule has 82 valence electrons. The van der Waals surface area contributed by atoms with Gasteiger partial charge in [0.15, 0.2) is 0 Å². The van der Waals surface area contributed by atoms with Gasteiger partial charge < -0.3 is 0 Å². The summed E-state index contributed by atoms with van der Waals surface area (Å²) in [6.45, 7) is 0. The average Bonchev–Trinajstić information content (AvgIpc) is 2.65. The lowest BCUT2D eigenvalue weighted by Crippen LogP contribution is -1.97. The van der Waals surface area contributed by atoms with Crippen molar-refractivity contribution in [2.75, 3.05) is 0 Å². The molecule has 0 saturated carbocycles. The number of nitrogens with one attached hydrogen (secondary N) is 1. The molecule has 0 amide bonds. The van der Waals surface area contributed by atoms with Gasteiger partial charge in [0.05, 0.1) is 5.52 Å². The number of H-pyrrole nitrogens is 1. The van der Waals surface area contributed by atoms with E-state index in [4.69, 9.17) is 18.2 Å². The standard InChI is InChI=1S/C6H5N3.H2O5S/c1-2-4-6-5(3-1)7-9-8-6;1-5-6(2,3)4/h1-4H,(H,7,8,9);1H,(H,2,3,4). The molecule has 8 nitrogen and oxygen atoms in total. The Hall–Kier alpha value is -1.55. The van der Waals surface area contributed by atoms with E-state index in [-0.39, 0.29) is 0 Å². The van der Waals surface area contributed by atoms with Gasteiger partial charge in [-0.15, -0.1) is 5.10 Å². The molecule has 0 fully saturated rings. The maximum Gasteiger partial charge on any atom is 0.423 e. The Kier molecular flexibility index (Phi) is 3.68. The number of nitrogens with zero attached hydrogens (tertiary/aromatic N) is 2.